The first kappa shape index (κ1) is 9.49. The zero-order valence-electron chi connectivity index (χ0n) is 6.86. The predicted octanol–water partition coefficient (Wildman–Crippen LogP) is 1.32. The van der Waals surface area contributed by atoms with Crippen molar-refractivity contribution in [2.24, 2.45) is 5.73 Å². The third kappa shape index (κ3) is 1.76. The number of pyridine rings is 1. The van der Waals surface area contributed by atoms with Crippen molar-refractivity contribution in [2.75, 3.05) is 0 Å². The van der Waals surface area contributed by atoms with Crippen molar-refractivity contribution in [2.45, 2.75) is 25.3 Å². The van der Waals surface area contributed by atoms with E-state index in [4.69, 9.17) is 5.73 Å². The number of hydrogen-bond acceptors (Lipinski definition) is 2. The summed E-state index contributed by atoms with van der Waals surface area (Å²) in [5.41, 5.74) is 8.41. The molecule has 1 heterocycles. The smallest absolute Gasteiger partial charge is 0.0436 e. The monoisotopic (exact) mass is 184 g/mol. The maximum Gasteiger partial charge on any atom is 0.0436 e. The van der Waals surface area contributed by atoms with Gasteiger partial charge in [-0.15, -0.1) is 12.4 Å². The molecule has 66 valence electrons. The summed E-state index contributed by atoms with van der Waals surface area (Å²) in [6.45, 7) is 0. The molecule has 0 aliphatic heterocycles. The molecule has 1 aliphatic rings. The molecule has 0 spiro atoms. The van der Waals surface area contributed by atoms with Crippen molar-refractivity contribution >= 4 is 12.4 Å². The molecule has 1 unspecified atom stereocenters. The van der Waals surface area contributed by atoms with Crippen LogP contribution >= 0.6 is 12.4 Å². The molecule has 2 nitrogen and oxygen atoms in total. The minimum absolute atomic E-state index is 0. The quantitative estimate of drug-likeness (QED) is 0.661. The van der Waals surface area contributed by atoms with Gasteiger partial charge in [0, 0.05) is 17.9 Å². The van der Waals surface area contributed by atoms with Crippen LogP contribution in [0.25, 0.3) is 0 Å². The number of nitrogens with two attached hydrogens (primary N) is 1. The molecule has 0 fully saturated rings. The van der Waals surface area contributed by atoms with Crippen LogP contribution in [0.15, 0.2) is 18.3 Å². The van der Waals surface area contributed by atoms with Crippen molar-refractivity contribution in [3.8, 4) is 0 Å². The number of halogens is 1. The van der Waals surface area contributed by atoms with Crippen LogP contribution in [0.1, 0.15) is 17.7 Å². The molecule has 0 saturated carbocycles. The van der Waals surface area contributed by atoms with Gasteiger partial charge in [-0.1, -0.05) is 6.07 Å². The van der Waals surface area contributed by atoms with Gasteiger partial charge in [-0.05, 0) is 30.9 Å². The van der Waals surface area contributed by atoms with Crippen molar-refractivity contribution < 1.29 is 0 Å². The van der Waals surface area contributed by atoms with Gasteiger partial charge in [0.2, 0.25) is 0 Å². The van der Waals surface area contributed by atoms with Gasteiger partial charge < -0.3 is 5.73 Å². The van der Waals surface area contributed by atoms with Crippen molar-refractivity contribution in [3.63, 3.8) is 0 Å². The van der Waals surface area contributed by atoms with Gasteiger partial charge in [-0.2, -0.15) is 0 Å². The van der Waals surface area contributed by atoms with Crippen LogP contribution in [0, 0.1) is 0 Å². The SMILES string of the molecule is Cl.NC1CCc2ncccc2C1. The van der Waals surface area contributed by atoms with Crippen LogP contribution < -0.4 is 5.73 Å². The molecule has 1 aromatic rings. The van der Waals surface area contributed by atoms with Crippen molar-refractivity contribution in [1.82, 2.24) is 4.98 Å². The first-order valence-corrected chi connectivity index (χ1v) is 4.04. The van der Waals surface area contributed by atoms with E-state index in [9.17, 15) is 0 Å². The maximum atomic E-state index is 5.82. The topological polar surface area (TPSA) is 38.9 Å². The zero-order valence-corrected chi connectivity index (χ0v) is 7.68. The van der Waals surface area contributed by atoms with E-state index in [0.717, 1.165) is 19.3 Å². The van der Waals surface area contributed by atoms with Crippen molar-refractivity contribution in [1.29, 1.82) is 0 Å². The Morgan fingerprint density at radius 2 is 2.33 bits per heavy atom. The molecule has 0 saturated heterocycles. The first-order valence-electron chi connectivity index (χ1n) is 4.04. The molecule has 12 heavy (non-hydrogen) atoms. The molecule has 0 amide bonds. The second-order valence-electron chi connectivity index (χ2n) is 3.11. The summed E-state index contributed by atoms with van der Waals surface area (Å²) in [6, 6.07) is 4.46. The standard InChI is InChI=1S/C9H12N2.ClH/c10-8-3-4-9-7(6-8)2-1-5-11-9;/h1-2,5,8H,3-4,6,10H2;1H. The maximum absolute atomic E-state index is 5.82. The van der Waals surface area contributed by atoms with E-state index in [1.807, 2.05) is 12.3 Å². The number of aryl methyl sites for hydroxylation is 1. The van der Waals surface area contributed by atoms with E-state index in [0.29, 0.717) is 6.04 Å². The summed E-state index contributed by atoms with van der Waals surface area (Å²) in [5, 5.41) is 0. The van der Waals surface area contributed by atoms with E-state index in [-0.39, 0.29) is 12.4 Å². The van der Waals surface area contributed by atoms with Gasteiger partial charge in [0.25, 0.3) is 0 Å². The van der Waals surface area contributed by atoms with Crippen LogP contribution in [0.2, 0.25) is 0 Å². The molecule has 1 atom stereocenters. The van der Waals surface area contributed by atoms with Gasteiger partial charge >= 0.3 is 0 Å². The Morgan fingerprint density at radius 3 is 3.17 bits per heavy atom. The number of fused-ring (bicyclic) bond motifs is 1. The van der Waals surface area contributed by atoms with E-state index < -0.39 is 0 Å². The Balaban J connectivity index is 0.000000720. The van der Waals surface area contributed by atoms with Gasteiger partial charge in [0.05, 0.1) is 0 Å². The molecule has 3 heteroatoms. The van der Waals surface area contributed by atoms with Crippen molar-refractivity contribution in [3.05, 3.63) is 29.6 Å². The third-order valence-electron chi connectivity index (χ3n) is 2.22. The number of hydrogen-bond donors (Lipinski definition) is 1. The van der Waals surface area contributed by atoms with E-state index >= 15 is 0 Å². The molecular formula is C9H13ClN2. The third-order valence-corrected chi connectivity index (χ3v) is 2.22. The first-order chi connectivity index (χ1) is 5.36. The highest BCUT2D eigenvalue weighted by Gasteiger charge is 2.14. The van der Waals surface area contributed by atoms with Crippen LogP contribution in [0.5, 0.6) is 0 Å². The van der Waals surface area contributed by atoms with Crippen LogP contribution in [-0.4, -0.2) is 11.0 Å². The lowest BCUT2D eigenvalue weighted by molar-refractivity contribution is 0.566. The van der Waals surface area contributed by atoms with Gasteiger partial charge in [0.15, 0.2) is 0 Å². The minimum atomic E-state index is 0. The summed E-state index contributed by atoms with van der Waals surface area (Å²) in [5.74, 6) is 0. The van der Waals surface area contributed by atoms with E-state index in [1.165, 1.54) is 11.3 Å². The van der Waals surface area contributed by atoms with E-state index in [2.05, 4.69) is 11.1 Å². The summed E-state index contributed by atoms with van der Waals surface area (Å²) in [6.07, 6.45) is 5.00. The molecule has 1 aromatic heterocycles. The molecular weight excluding hydrogens is 172 g/mol. The number of aromatic nitrogens is 1. The molecule has 2 N–H and O–H groups in total. The summed E-state index contributed by atoms with van der Waals surface area (Å²) in [4.78, 5) is 4.30. The van der Waals surface area contributed by atoms with Gasteiger partial charge in [0.1, 0.15) is 0 Å². The fourth-order valence-corrected chi connectivity index (χ4v) is 1.59. The Bertz CT molecular complexity index is 262. The Labute approximate surface area is 78.6 Å². The summed E-state index contributed by atoms with van der Waals surface area (Å²) < 4.78 is 0. The highest BCUT2D eigenvalue weighted by Crippen LogP contribution is 2.17. The van der Waals surface area contributed by atoms with E-state index in [1.54, 1.807) is 0 Å². The number of rotatable bonds is 0. The average Bonchev–Trinajstić information content (AvgIpc) is 2.04. The normalized spacial score (nSPS) is 20.9. The summed E-state index contributed by atoms with van der Waals surface area (Å²) >= 11 is 0. The molecule has 0 aromatic carbocycles. The van der Waals surface area contributed by atoms with Crippen LogP contribution in [0.3, 0.4) is 0 Å². The second kappa shape index (κ2) is 3.87. The van der Waals surface area contributed by atoms with Crippen LogP contribution in [-0.2, 0) is 12.8 Å². The molecule has 2 rings (SSSR count). The Hall–Kier alpha value is -0.600. The number of nitrogens with zero attached hydrogens (tertiary/aromatic N) is 1. The van der Waals surface area contributed by atoms with Gasteiger partial charge in [-0.25, -0.2) is 0 Å². The lowest BCUT2D eigenvalue weighted by Gasteiger charge is -2.19. The highest BCUT2D eigenvalue weighted by atomic mass is 35.5. The minimum Gasteiger partial charge on any atom is -0.327 e. The largest absolute Gasteiger partial charge is 0.327 e. The second-order valence-corrected chi connectivity index (χ2v) is 3.11. The average molecular weight is 185 g/mol. The van der Waals surface area contributed by atoms with Crippen LogP contribution in [0.4, 0.5) is 0 Å². The Kier molecular flexibility index (Phi) is 3.06. The predicted molar refractivity (Wildman–Crippen MR) is 51.5 cm³/mol. The fourth-order valence-electron chi connectivity index (χ4n) is 1.59. The molecule has 0 radical (unpaired) electrons. The molecule has 1 aliphatic carbocycles. The lowest BCUT2D eigenvalue weighted by Crippen LogP contribution is -2.28. The summed E-state index contributed by atoms with van der Waals surface area (Å²) in [7, 11) is 0. The fraction of sp³-hybridized carbons (Fsp3) is 0.444. The van der Waals surface area contributed by atoms with Gasteiger partial charge in [-0.3, -0.25) is 4.98 Å². The Morgan fingerprint density at radius 1 is 1.50 bits per heavy atom. The zero-order chi connectivity index (χ0) is 7.68. The highest BCUT2D eigenvalue weighted by molar-refractivity contribution is 5.85. The molecule has 0 bridgehead atoms. The lowest BCUT2D eigenvalue weighted by atomic mass is 9.93.